The fourth-order valence-electron chi connectivity index (χ4n) is 6.33. The summed E-state index contributed by atoms with van der Waals surface area (Å²) < 4.78 is 17.0. The van der Waals surface area contributed by atoms with Gasteiger partial charge in [0, 0.05) is 18.6 Å². The van der Waals surface area contributed by atoms with Crippen molar-refractivity contribution in [2.75, 3.05) is 20.8 Å². The SMILES string of the molecule is COC(=O)N1[C@@H]2CC[C@@H]2[C@H](NCc2ccc(OC)cc2)[C@@H]1COC1CCC(c2ccccc2)CC1. The molecule has 6 heteroatoms. The number of amides is 1. The van der Waals surface area contributed by atoms with Crippen LogP contribution in [-0.4, -0.2) is 56.0 Å². The van der Waals surface area contributed by atoms with Gasteiger partial charge in [-0.15, -0.1) is 0 Å². The highest BCUT2D eigenvalue weighted by Crippen LogP contribution is 2.45. The average Bonchev–Trinajstić information content (AvgIpc) is 3.11. The molecule has 1 N–H and O–H groups in total. The fraction of sp³-hybridized carbons (Fsp3) is 0.552. The first kappa shape index (κ1) is 24.1. The molecule has 0 radical (unpaired) electrons. The van der Waals surface area contributed by atoms with Crippen molar-refractivity contribution >= 4 is 6.09 Å². The summed E-state index contributed by atoms with van der Waals surface area (Å²) in [5.41, 5.74) is 2.65. The minimum Gasteiger partial charge on any atom is -0.497 e. The zero-order chi connectivity index (χ0) is 24.2. The van der Waals surface area contributed by atoms with Crippen LogP contribution in [0.1, 0.15) is 55.6 Å². The third kappa shape index (κ3) is 5.19. The first-order valence-corrected chi connectivity index (χ1v) is 13.1. The molecule has 5 rings (SSSR count). The van der Waals surface area contributed by atoms with Crippen molar-refractivity contribution in [3.63, 3.8) is 0 Å². The minimum absolute atomic E-state index is 0.00922. The van der Waals surface area contributed by atoms with Crippen molar-refractivity contribution in [3.05, 3.63) is 65.7 Å². The van der Waals surface area contributed by atoms with Gasteiger partial charge in [-0.1, -0.05) is 42.5 Å². The first-order chi connectivity index (χ1) is 17.2. The Hall–Kier alpha value is -2.57. The topological polar surface area (TPSA) is 60.0 Å². The van der Waals surface area contributed by atoms with Crippen LogP contribution in [-0.2, 0) is 16.0 Å². The van der Waals surface area contributed by atoms with E-state index in [0.29, 0.717) is 18.4 Å². The van der Waals surface area contributed by atoms with Crippen LogP contribution < -0.4 is 10.1 Å². The van der Waals surface area contributed by atoms with E-state index in [-0.39, 0.29) is 30.3 Å². The van der Waals surface area contributed by atoms with Gasteiger partial charge in [0.15, 0.2) is 0 Å². The smallest absolute Gasteiger partial charge is 0.410 e. The van der Waals surface area contributed by atoms with Crippen molar-refractivity contribution in [1.29, 1.82) is 0 Å². The summed E-state index contributed by atoms with van der Waals surface area (Å²) in [6.07, 6.45) is 6.66. The number of nitrogens with zero attached hydrogens (tertiary/aromatic N) is 1. The van der Waals surface area contributed by atoms with Crippen molar-refractivity contribution in [3.8, 4) is 5.75 Å². The molecule has 1 heterocycles. The van der Waals surface area contributed by atoms with Gasteiger partial charge in [-0.2, -0.15) is 0 Å². The number of benzene rings is 2. The molecule has 1 amide bonds. The van der Waals surface area contributed by atoms with E-state index >= 15 is 0 Å². The number of ether oxygens (including phenoxy) is 3. The Bertz CT molecular complexity index is 958. The summed E-state index contributed by atoms with van der Waals surface area (Å²) in [6.45, 7) is 1.31. The third-order valence-electron chi connectivity index (χ3n) is 8.41. The highest BCUT2D eigenvalue weighted by Gasteiger charge is 2.55. The average molecular weight is 479 g/mol. The molecule has 1 aliphatic heterocycles. The molecule has 2 saturated carbocycles. The predicted octanol–water partition coefficient (Wildman–Crippen LogP) is 5.13. The van der Waals surface area contributed by atoms with Crippen molar-refractivity contribution < 1.29 is 19.0 Å². The van der Waals surface area contributed by atoms with E-state index in [1.807, 2.05) is 17.0 Å². The Kier molecular flexibility index (Phi) is 7.59. The lowest BCUT2D eigenvalue weighted by Crippen LogP contribution is -2.49. The molecule has 35 heavy (non-hydrogen) atoms. The summed E-state index contributed by atoms with van der Waals surface area (Å²) in [6, 6.07) is 19.4. The quantitative estimate of drug-likeness (QED) is 0.570. The van der Waals surface area contributed by atoms with E-state index in [1.54, 1.807) is 7.11 Å². The van der Waals surface area contributed by atoms with Gasteiger partial charge >= 0.3 is 6.09 Å². The Labute approximate surface area is 208 Å². The molecule has 2 aromatic carbocycles. The van der Waals surface area contributed by atoms with Crippen LogP contribution >= 0.6 is 0 Å². The van der Waals surface area contributed by atoms with Crippen molar-refractivity contribution in [2.45, 2.75) is 75.2 Å². The number of rotatable bonds is 8. The maximum absolute atomic E-state index is 12.8. The van der Waals surface area contributed by atoms with Gasteiger partial charge in [-0.25, -0.2) is 4.79 Å². The van der Waals surface area contributed by atoms with Crippen LogP contribution in [0.5, 0.6) is 5.75 Å². The Morgan fingerprint density at radius 3 is 2.31 bits per heavy atom. The Morgan fingerprint density at radius 2 is 1.69 bits per heavy atom. The monoisotopic (exact) mass is 478 g/mol. The van der Waals surface area contributed by atoms with Gasteiger partial charge in [0.1, 0.15) is 5.75 Å². The summed E-state index contributed by atoms with van der Waals surface area (Å²) in [5.74, 6) is 1.94. The summed E-state index contributed by atoms with van der Waals surface area (Å²) in [7, 11) is 3.17. The van der Waals surface area contributed by atoms with Crippen LogP contribution in [0, 0.1) is 5.92 Å². The zero-order valence-electron chi connectivity index (χ0n) is 20.9. The minimum atomic E-state index is -0.227. The number of carbonyl (C=O) groups is 1. The second-order valence-electron chi connectivity index (χ2n) is 10.2. The fourth-order valence-corrected chi connectivity index (χ4v) is 6.33. The molecule has 0 unspecified atom stereocenters. The molecule has 6 nitrogen and oxygen atoms in total. The van der Waals surface area contributed by atoms with Gasteiger partial charge in [0.2, 0.25) is 0 Å². The summed E-state index contributed by atoms with van der Waals surface area (Å²) in [4.78, 5) is 14.7. The van der Waals surface area contributed by atoms with E-state index in [0.717, 1.165) is 50.8 Å². The first-order valence-electron chi connectivity index (χ1n) is 13.1. The van der Waals surface area contributed by atoms with E-state index in [4.69, 9.17) is 14.2 Å². The lowest BCUT2D eigenvalue weighted by molar-refractivity contribution is -0.0109. The van der Waals surface area contributed by atoms with Crippen molar-refractivity contribution in [1.82, 2.24) is 10.2 Å². The molecule has 0 spiro atoms. The number of nitrogens with one attached hydrogen (secondary N) is 1. The number of carbonyl (C=O) groups excluding carboxylic acids is 1. The number of methoxy groups -OCH3 is 2. The number of hydrogen-bond acceptors (Lipinski definition) is 5. The Morgan fingerprint density at radius 1 is 0.943 bits per heavy atom. The van der Waals surface area contributed by atoms with Gasteiger partial charge in [0.05, 0.1) is 33.0 Å². The van der Waals surface area contributed by atoms with E-state index < -0.39 is 0 Å². The molecule has 4 atom stereocenters. The maximum atomic E-state index is 12.8. The predicted molar refractivity (Wildman–Crippen MR) is 136 cm³/mol. The van der Waals surface area contributed by atoms with Gasteiger partial charge < -0.3 is 19.5 Å². The summed E-state index contributed by atoms with van der Waals surface area (Å²) >= 11 is 0. The highest BCUT2D eigenvalue weighted by atomic mass is 16.5. The molecule has 2 aliphatic carbocycles. The molecule has 0 bridgehead atoms. The molecule has 0 aromatic heterocycles. The number of likely N-dealkylation sites (tertiary alicyclic amines) is 1. The molecule has 2 aromatic rings. The molecule has 3 fully saturated rings. The molecular weight excluding hydrogens is 440 g/mol. The molecule has 188 valence electrons. The maximum Gasteiger partial charge on any atom is 0.410 e. The zero-order valence-corrected chi connectivity index (χ0v) is 20.9. The Balaban J connectivity index is 1.21. The van der Waals surface area contributed by atoms with Crippen LogP contribution in [0.4, 0.5) is 4.79 Å². The van der Waals surface area contributed by atoms with Gasteiger partial charge in [-0.3, -0.25) is 4.90 Å². The van der Waals surface area contributed by atoms with Crippen LogP contribution in [0.15, 0.2) is 54.6 Å². The van der Waals surface area contributed by atoms with E-state index in [9.17, 15) is 4.79 Å². The van der Waals surface area contributed by atoms with Crippen LogP contribution in [0.2, 0.25) is 0 Å². The lowest BCUT2D eigenvalue weighted by atomic mass is 9.77. The number of fused-ring (bicyclic) bond motifs is 1. The highest BCUT2D eigenvalue weighted by molar-refractivity contribution is 5.69. The molecular formula is C29H38N2O4. The van der Waals surface area contributed by atoms with Crippen LogP contribution in [0.3, 0.4) is 0 Å². The third-order valence-corrected chi connectivity index (χ3v) is 8.41. The van der Waals surface area contributed by atoms with Crippen LogP contribution in [0.25, 0.3) is 0 Å². The second-order valence-corrected chi connectivity index (χ2v) is 10.2. The molecule has 3 aliphatic rings. The normalized spacial score (nSPS) is 29.8. The van der Waals surface area contributed by atoms with E-state index in [2.05, 4.69) is 47.8 Å². The second kappa shape index (κ2) is 11.0. The van der Waals surface area contributed by atoms with E-state index in [1.165, 1.54) is 18.2 Å². The van der Waals surface area contributed by atoms with Crippen molar-refractivity contribution in [2.24, 2.45) is 5.92 Å². The molecule has 1 saturated heterocycles. The van der Waals surface area contributed by atoms with Gasteiger partial charge in [0.25, 0.3) is 0 Å². The van der Waals surface area contributed by atoms with Gasteiger partial charge in [-0.05, 0) is 73.6 Å². The standard InChI is InChI=1S/C29H38N2O4/c1-33-23-12-8-20(9-13-23)18-30-28-25-16-17-26(25)31(29(32)34-2)27(28)19-35-24-14-10-22(11-15-24)21-6-4-3-5-7-21/h3-9,12-13,22,24-28,30H,10-11,14-19H2,1-2H3/t22?,24?,25-,26+,27-,28-/m0/s1. The summed E-state index contributed by atoms with van der Waals surface area (Å²) in [5, 5.41) is 3.77. The lowest BCUT2D eigenvalue weighted by Gasteiger charge is -2.36. The number of hydrogen-bond donors (Lipinski definition) is 1. The largest absolute Gasteiger partial charge is 0.497 e.